The van der Waals surface area contributed by atoms with Gasteiger partial charge in [-0.25, -0.2) is 0 Å². The highest BCUT2D eigenvalue weighted by atomic mass is 16.6. The van der Waals surface area contributed by atoms with Crippen LogP contribution in [0.25, 0.3) is 0 Å². The minimum absolute atomic E-state index is 0.146. The molecule has 1 unspecified atom stereocenters. The Kier molecular flexibility index (Phi) is 47.9. The summed E-state index contributed by atoms with van der Waals surface area (Å²) < 4.78 is 16.7. The van der Waals surface area contributed by atoms with Crippen molar-refractivity contribution >= 4 is 17.9 Å². The average Bonchev–Trinajstić information content (AvgIpc) is 3.33. The first-order valence-corrected chi connectivity index (χ1v) is 24.8. The topological polar surface area (TPSA) is 78.9 Å². The van der Waals surface area contributed by atoms with Crippen LogP contribution in [0, 0.1) is 0 Å². The Morgan fingerprint density at radius 2 is 0.537 bits per heavy atom. The summed E-state index contributed by atoms with van der Waals surface area (Å²) in [7, 11) is 0. The lowest BCUT2D eigenvalue weighted by atomic mass is 10.1. The molecule has 0 N–H and O–H groups in total. The summed E-state index contributed by atoms with van der Waals surface area (Å²) in [6.45, 7) is 6.04. The van der Waals surface area contributed by atoms with Crippen LogP contribution < -0.4 is 0 Å². The molecule has 0 amide bonds. The van der Waals surface area contributed by atoms with Crippen LogP contribution in [0.4, 0.5) is 0 Å². The Bertz CT molecular complexity index is 1760. The molecule has 0 fully saturated rings. The lowest BCUT2D eigenvalue weighted by Crippen LogP contribution is -2.30. The van der Waals surface area contributed by atoms with E-state index >= 15 is 0 Å². The monoisotopic (exact) mass is 913 g/mol. The van der Waals surface area contributed by atoms with Gasteiger partial charge in [-0.15, -0.1) is 0 Å². The van der Waals surface area contributed by atoms with Crippen molar-refractivity contribution in [1.82, 2.24) is 0 Å². The fourth-order valence-corrected chi connectivity index (χ4v) is 5.58. The summed E-state index contributed by atoms with van der Waals surface area (Å²) in [4.78, 5) is 38.0. The van der Waals surface area contributed by atoms with E-state index in [-0.39, 0.29) is 50.4 Å². The van der Waals surface area contributed by atoms with Crippen LogP contribution in [0.5, 0.6) is 0 Å². The average molecular weight is 913 g/mol. The van der Waals surface area contributed by atoms with Gasteiger partial charge in [0, 0.05) is 19.3 Å². The van der Waals surface area contributed by atoms with Gasteiger partial charge < -0.3 is 14.2 Å². The number of esters is 3. The molecular formula is C61H84O6. The van der Waals surface area contributed by atoms with Crippen molar-refractivity contribution in [3.05, 3.63) is 207 Å². The summed E-state index contributed by atoms with van der Waals surface area (Å²) in [5.41, 5.74) is 0. The SMILES string of the molecule is CC\C=C/C=C\C=C/C=C\C=C\C=C/C=C\CCCCCC(=O)OCC(COC(=O)CCCCC\C=C/C=C\C=C/C=C\CC)OC(=O)CCCCC\C=C/C=C/C=C\C=C/C=C\C=C/CC. The van der Waals surface area contributed by atoms with Gasteiger partial charge in [0.25, 0.3) is 0 Å². The Hall–Kier alpha value is -6.01. The molecule has 0 aliphatic rings. The number of carbonyl (C=O) groups is 3. The van der Waals surface area contributed by atoms with Crippen LogP contribution in [0.1, 0.15) is 136 Å². The molecule has 0 saturated carbocycles. The van der Waals surface area contributed by atoms with Crippen LogP contribution in [0.15, 0.2) is 207 Å². The molecule has 0 heterocycles. The van der Waals surface area contributed by atoms with Crippen molar-refractivity contribution in [2.45, 2.75) is 142 Å². The number of ether oxygens (including phenoxy) is 3. The van der Waals surface area contributed by atoms with E-state index in [4.69, 9.17) is 14.2 Å². The molecule has 0 rings (SSSR count). The predicted molar refractivity (Wildman–Crippen MR) is 287 cm³/mol. The van der Waals surface area contributed by atoms with Gasteiger partial charge >= 0.3 is 17.9 Å². The van der Waals surface area contributed by atoms with E-state index < -0.39 is 6.10 Å². The Morgan fingerprint density at radius 1 is 0.299 bits per heavy atom. The molecule has 0 saturated heterocycles. The lowest BCUT2D eigenvalue weighted by Gasteiger charge is -2.18. The van der Waals surface area contributed by atoms with Crippen molar-refractivity contribution in [2.75, 3.05) is 13.2 Å². The second-order valence-electron chi connectivity index (χ2n) is 15.3. The first kappa shape index (κ1) is 61.0. The zero-order chi connectivity index (χ0) is 48.6. The maximum Gasteiger partial charge on any atom is 0.306 e. The molecule has 0 aliphatic carbocycles. The van der Waals surface area contributed by atoms with Crippen molar-refractivity contribution in [2.24, 2.45) is 0 Å². The van der Waals surface area contributed by atoms with Gasteiger partial charge in [0.2, 0.25) is 0 Å². The summed E-state index contributed by atoms with van der Waals surface area (Å²) in [5.74, 6) is -1.10. The van der Waals surface area contributed by atoms with Crippen LogP contribution in [0.3, 0.4) is 0 Å². The van der Waals surface area contributed by atoms with Crippen LogP contribution in [0.2, 0.25) is 0 Å². The number of rotatable bonds is 40. The molecule has 364 valence electrons. The standard InChI is InChI=1S/C61H84O6/c1-4-7-10-13-16-19-22-25-27-29-30-32-33-36-39-42-45-48-51-54-60(63)66-57-58(56-65-59(62)53-50-47-44-41-38-35-24-21-18-15-12-9-6-3)67-61(64)55-52-49-46-43-40-37-34-31-28-26-23-20-17-14-11-8-5-2/h7-40,58H,4-6,41-57H2,1-3H3/b10-7-,11-8-,12-9-,16-13-,17-14-,18-15-,22-19-,23-20-,24-21-,27-25-,28-26-,30-29+,33-32-,34-31+,38-35-,39-36-,40-37-. The van der Waals surface area contributed by atoms with E-state index in [0.29, 0.717) is 19.3 Å². The van der Waals surface area contributed by atoms with Crippen molar-refractivity contribution in [1.29, 1.82) is 0 Å². The third-order valence-electron chi connectivity index (χ3n) is 9.21. The number of hydrogen-bond donors (Lipinski definition) is 0. The Balaban J connectivity index is 4.71. The van der Waals surface area contributed by atoms with Gasteiger partial charge in [0.15, 0.2) is 6.10 Å². The zero-order valence-corrected chi connectivity index (χ0v) is 41.3. The summed E-state index contributed by atoms with van der Waals surface area (Å²) >= 11 is 0. The van der Waals surface area contributed by atoms with Crippen LogP contribution in [-0.2, 0) is 28.6 Å². The van der Waals surface area contributed by atoms with Crippen molar-refractivity contribution < 1.29 is 28.6 Å². The Labute approximate surface area is 407 Å². The maximum atomic E-state index is 12.8. The highest BCUT2D eigenvalue weighted by Gasteiger charge is 2.19. The first-order valence-electron chi connectivity index (χ1n) is 24.8. The van der Waals surface area contributed by atoms with Gasteiger partial charge in [-0.05, 0) is 77.0 Å². The zero-order valence-electron chi connectivity index (χ0n) is 41.3. The third kappa shape index (κ3) is 50.8. The van der Waals surface area contributed by atoms with Gasteiger partial charge in [-0.1, -0.05) is 247 Å². The minimum atomic E-state index is -0.851. The molecule has 6 heteroatoms. The summed E-state index contributed by atoms with van der Waals surface area (Å²) in [6.07, 6.45) is 82.3. The van der Waals surface area contributed by atoms with E-state index in [9.17, 15) is 14.4 Å². The Morgan fingerprint density at radius 3 is 0.806 bits per heavy atom. The molecular weight excluding hydrogens is 829 g/mol. The fourth-order valence-electron chi connectivity index (χ4n) is 5.58. The lowest BCUT2D eigenvalue weighted by molar-refractivity contribution is -0.167. The summed E-state index contributed by atoms with van der Waals surface area (Å²) in [6, 6.07) is 0. The summed E-state index contributed by atoms with van der Waals surface area (Å²) in [5, 5.41) is 0. The van der Waals surface area contributed by atoms with Gasteiger partial charge in [-0.3, -0.25) is 14.4 Å². The molecule has 0 aromatic carbocycles. The highest BCUT2D eigenvalue weighted by molar-refractivity contribution is 5.71. The van der Waals surface area contributed by atoms with E-state index in [1.165, 1.54) is 0 Å². The molecule has 0 bridgehead atoms. The van der Waals surface area contributed by atoms with E-state index in [0.717, 1.165) is 77.0 Å². The van der Waals surface area contributed by atoms with Gasteiger partial charge in [0.1, 0.15) is 13.2 Å². The normalized spacial score (nSPS) is 13.9. The number of unbranched alkanes of at least 4 members (excludes halogenated alkanes) is 9. The molecule has 6 nitrogen and oxygen atoms in total. The quantitative estimate of drug-likeness (QED) is 0.0264. The largest absolute Gasteiger partial charge is 0.462 e. The van der Waals surface area contributed by atoms with Crippen LogP contribution >= 0.6 is 0 Å². The fraction of sp³-hybridized carbons (Fsp3) is 0.393. The highest BCUT2D eigenvalue weighted by Crippen LogP contribution is 2.10. The molecule has 0 spiro atoms. The molecule has 0 aromatic heterocycles. The predicted octanol–water partition coefficient (Wildman–Crippen LogP) is 16.5. The minimum Gasteiger partial charge on any atom is -0.462 e. The van der Waals surface area contributed by atoms with Gasteiger partial charge in [0.05, 0.1) is 0 Å². The second kappa shape index (κ2) is 52.6. The third-order valence-corrected chi connectivity index (χ3v) is 9.21. The first-order chi connectivity index (χ1) is 33.0. The van der Waals surface area contributed by atoms with E-state index in [1.54, 1.807) is 0 Å². The molecule has 0 aliphatic heterocycles. The van der Waals surface area contributed by atoms with Crippen LogP contribution in [-0.4, -0.2) is 37.2 Å². The second-order valence-corrected chi connectivity index (χ2v) is 15.3. The molecule has 0 radical (unpaired) electrons. The number of allylic oxidation sites excluding steroid dienone is 34. The molecule has 67 heavy (non-hydrogen) atoms. The number of hydrogen-bond acceptors (Lipinski definition) is 6. The molecule has 1 atom stereocenters. The smallest absolute Gasteiger partial charge is 0.306 e. The van der Waals surface area contributed by atoms with E-state index in [1.807, 2.05) is 170 Å². The van der Waals surface area contributed by atoms with Gasteiger partial charge in [-0.2, -0.15) is 0 Å². The maximum absolute atomic E-state index is 12.8. The van der Waals surface area contributed by atoms with Crippen molar-refractivity contribution in [3.63, 3.8) is 0 Å². The number of carbonyl (C=O) groups excluding carboxylic acids is 3. The van der Waals surface area contributed by atoms with Crippen molar-refractivity contribution in [3.8, 4) is 0 Å². The van der Waals surface area contributed by atoms with E-state index in [2.05, 4.69) is 57.2 Å². The molecule has 0 aromatic rings.